The zero-order valence-electron chi connectivity index (χ0n) is 68.7. The molecule has 0 aromatic heterocycles. The molecular formula is C90H172N2O10. The molecule has 4 atom stereocenters. The van der Waals surface area contributed by atoms with E-state index in [1.165, 1.54) is 231 Å². The smallest absolute Gasteiger partial charge is 0.334 e. The second-order valence-corrected chi connectivity index (χ2v) is 31.9. The number of rotatable bonds is 81. The molecule has 0 heterocycles. The molecule has 0 aromatic carbocycles. The monoisotopic (exact) mass is 1440 g/mol. The van der Waals surface area contributed by atoms with Gasteiger partial charge in [0.25, 0.3) is 0 Å². The highest BCUT2D eigenvalue weighted by Crippen LogP contribution is 2.35. The molecule has 0 aromatic rings. The van der Waals surface area contributed by atoms with Gasteiger partial charge >= 0.3 is 35.8 Å². The normalized spacial score (nSPS) is 13.4. The van der Waals surface area contributed by atoms with Gasteiger partial charge in [0, 0.05) is 12.8 Å². The van der Waals surface area contributed by atoms with Crippen molar-refractivity contribution in [2.24, 2.45) is 23.3 Å². The van der Waals surface area contributed by atoms with Gasteiger partial charge in [-0.15, -0.1) is 0 Å². The molecule has 0 saturated heterocycles. The molecule has 0 rings (SSSR count). The number of unbranched alkanes of at least 4 members (excludes halogenated alkanes) is 57. The minimum Gasteiger partial charge on any atom is -0.466 e. The summed E-state index contributed by atoms with van der Waals surface area (Å²) in [6, 6.07) is 0. The molecule has 0 spiro atoms. The lowest BCUT2D eigenvalue weighted by atomic mass is 9.75. The first-order valence-electron chi connectivity index (χ1n) is 45.2. The van der Waals surface area contributed by atoms with Crippen LogP contribution in [0.3, 0.4) is 0 Å². The number of carbonyl (C=O) groups is 6. The number of hydrogen-bond donors (Lipinski definition) is 2. The van der Waals surface area contributed by atoms with Crippen molar-refractivity contribution in [3.8, 4) is 0 Å². The zero-order valence-corrected chi connectivity index (χ0v) is 68.7. The summed E-state index contributed by atoms with van der Waals surface area (Å²) in [5.74, 6) is -4.33. The van der Waals surface area contributed by atoms with E-state index in [0.717, 1.165) is 154 Å². The highest BCUT2D eigenvalue weighted by molar-refractivity contribution is 5.92. The van der Waals surface area contributed by atoms with Crippen LogP contribution in [0.1, 0.15) is 504 Å². The molecule has 0 bridgehead atoms. The quantitative estimate of drug-likeness (QED) is 0.0254. The first-order chi connectivity index (χ1) is 49.8. The van der Waals surface area contributed by atoms with Gasteiger partial charge in [-0.25, -0.2) is 9.59 Å². The molecule has 0 aliphatic rings. The Morgan fingerprint density at radius 2 is 0.422 bits per heavy atom. The Kier molecular flexibility index (Phi) is 72.9. The van der Waals surface area contributed by atoms with Crippen molar-refractivity contribution in [1.29, 1.82) is 0 Å². The van der Waals surface area contributed by atoms with E-state index in [1.807, 2.05) is 0 Å². The van der Waals surface area contributed by atoms with Crippen molar-refractivity contribution in [2.75, 3.05) is 13.2 Å². The van der Waals surface area contributed by atoms with Gasteiger partial charge in [-0.2, -0.15) is 0 Å². The van der Waals surface area contributed by atoms with Gasteiger partial charge in [0.2, 0.25) is 0 Å². The lowest BCUT2D eigenvalue weighted by Crippen LogP contribution is -2.56. The first-order valence-corrected chi connectivity index (χ1v) is 45.2. The second kappa shape index (κ2) is 75.0. The largest absolute Gasteiger partial charge is 0.466 e. The van der Waals surface area contributed by atoms with Gasteiger partial charge in [-0.1, -0.05) is 427 Å². The van der Waals surface area contributed by atoms with Gasteiger partial charge in [-0.05, 0) is 63.2 Å². The van der Waals surface area contributed by atoms with E-state index in [1.54, 1.807) is 0 Å². The van der Waals surface area contributed by atoms with Crippen molar-refractivity contribution in [3.63, 3.8) is 0 Å². The van der Waals surface area contributed by atoms with Crippen molar-refractivity contribution < 1.29 is 47.7 Å². The van der Waals surface area contributed by atoms with E-state index in [9.17, 15) is 28.8 Å². The third kappa shape index (κ3) is 60.2. The summed E-state index contributed by atoms with van der Waals surface area (Å²) >= 11 is 0. The van der Waals surface area contributed by atoms with Gasteiger partial charge in [-0.3, -0.25) is 19.2 Å². The number of ether oxygens (including phenoxy) is 4. The van der Waals surface area contributed by atoms with Gasteiger partial charge in [0.05, 0.1) is 26.1 Å². The van der Waals surface area contributed by atoms with Crippen LogP contribution in [-0.4, -0.2) is 60.1 Å². The average Bonchev–Trinajstić information content (AvgIpc) is 0.820. The minimum absolute atomic E-state index is 0.0100. The third-order valence-corrected chi connectivity index (χ3v) is 22.2. The average molecular weight is 1440 g/mol. The van der Waals surface area contributed by atoms with Gasteiger partial charge < -0.3 is 30.4 Å². The predicted octanol–water partition coefficient (Wildman–Crippen LogP) is 27.0. The van der Waals surface area contributed by atoms with E-state index in [4.69, 9.17) is 30.4 Å². The van der Waals surface area contributed by atoms with Crippen LogP contribution in [0, 0.1) is 11.8 Å². The number of esters is 6. The molecule has 12 nitrogen and oxygen atoms in total. The molecular weight excluding hydrogens is 1270 g/mol. The Balaban J connectivity index is 6.58. The number of carbonyl (C=O) groups excluding carboxylic acids is 6. The summed E-state index contributed by atoms with van der Waals surface area (Å²) in [6.45, 7) is 14.1. The molecule has 12 heteroatoms. The van der Waals surface area contributed by atoms with Crippen LogP contribution in [0.15, 0.2) is 0 Å². The van der Waals surface area contributed by atoms with Crippen LogP contribution in [-0.2, 0) is 47.7 Å². The number of nitrogens with two attached hydrogens (primary N) is 2. The fourth-order valence-corrected chi connectivity index (χ4v) is 15.1. The molecule has 0 saturated carbocycles. The van der Waals surface area contributed by atoms with E-state index in [2.05, 4.69) is 41.5 Å². The van der Waals surface area contributed by atoms with E-state index in [0.29, 0.717) is 64.6 Å². The summed E-state index contributed by atoms with van der Waals surface area (Å²) in [5.41, 5.74) is 11.7. The van der Waals surface area contributed by atoms with Crippen LogP contribution in [0.5, 0.6) is 0 Å². The SMILES string of the molecule is CCCCCCCCCCCCOC(=O)CC(CCCCCCCCC(CC(=O)OCCCCCCCCCCCC)[C@](N)(CCCCCCCCCCCC)C(=O)OC(=O)CCCCCCCCCCC)[C@](N)(CCCCCCCCCCCC)C(=O)OC(=O)CCCCCCCCCCC. The lowest BCUT2D eigenvalue weighted by molar-refractivity contribution is -0.168. The van der Waals surface area contributed by atoms with Crippen LogP contribution >= 0.6 is 0 Å². The fraction of sp³-hybridized carbons (Fsp3) is 0.933. The summed E-state index contributed by atoms with van der Waals surface area (Å²) in [5, 5.41) is 0. The first kappa shape index (κ1) is 99.1. The molecule has 0 amide bonds. The van der Waals surface area contributed by atoms with Crippen LogP contribution in [0.25, 0.3) is 0 Å². The van der Waals surface area contributed by atoms with Crippen molar-refractivity contribution in [3.05, 3.63) is 0 Å². The standard InChI is InChI=1S/C90H172N2O10/c1-7-13-19-25-31-37-43-51-59-67-75-89(91,87(97)101-83(93)73-65-57-47-41-35-29-23-17-11-5)81(79-85(95)99-77-69-61-53-45-39-33-27-21-15-9-3)71-63-55-49-50-56-64-72-82(80-86(96)100-78-70-62-54-46-40-34-28-22-16-10-4)90(92,76-68-60-52-44-38-32-26-20-14-8-2)88(98)102-84(94)74-66-58-48-42-36-30-24-18-12-6/h81-82H,7-80,91-92H2,1-6H3/t81?,82?,89-,90-/m1/s1. The van der Waals surface area contributed by atoms with Crippen molar-refractivity contribution in [1.82, 2.24) is 0 Å². The summed E-state index contributed by atoms with van der Waals surface area (Å²) in [6.07, 6.45) is 73.2. The third-order valence-electron chi connectivity index (χ3n) is 22.2. The Bertz CT molecular complexity index is 1760. The molecule has 2 unspecified atom stereocenters. The Morgan fingerprint density at radius 1 is 0.235 bits per heavy atom. The van der Waals surface area contributed by atoms with E-state index < -0.39 is 46.8 Å². The van der Waals surface area contributed by atoms with E-state index >= 15 is 0 Å². The Hall–Kier alpha value is -2.86. The molecule has 0 aliphatic carbocycles. The molecule has 602 valence electrons. The molecule has 4 N–H and O–H groups in total. The highest BCUT2D eigenvalue weighted by Gasteiger charge is 2.46. The Morgan fingerprint density at radius 3 is 0.647 bits per heavy atom. The maximum absolute atomic E-state index is 14.6. The molecule has 0 radical (unpaired) electrons. The fourth-order valence-electron chi connectivity index (χ4n) is 15.1. The van der Waals surface area contributed by atoms with E-state index in [-0.39, 0.29) is 37.6 Å². The maximum atomic E-state index is 14.6. The number of hydrogen-bond acceptors (Lipinski definition) is 12. The summed E-state index contributed by atoms with van der Waals surface area (Å²) < 4.78 is 23.4. The van der Waals surface area contributed by atoms with Crippen LogP contribution < -0.4 is 11.5 Å². The highest BCUT2D eigenvalue weighted by atomic mass is 16.6. The zero-order chi connectivity index (χ0) is 74.8. The molecule has 102 heavy (non-hydrogen) atoms. The maximum Gasteiger partial charge on any atom is 0.334 e. The topological polar surface area (TPSA) is 191 Å². The van der Waals surface area contributed by atoms with Crippen LogP contribution in [0.4, 0.5) is 0 Å². The summed E-state index contributed by atoms with van der Waals surface area (Å²) in [4.78, 5) is 84.1. The molecule has 0 fully saturated rings. The molecule has 0 aliphatic heterocycles. The van der Waals surface area contributed by atoms with Crippen LogP contribution in [0.2, 0.25) is 0 Å². The van der Waals surface area contributed by atoms with Crippen molar-refractivity contribution >= 4 is 35.8 Å². The Labute approximate surface area is 631 Å². The summed E-state index contributed by atoms with van der Waals surface area (Å²) in [7, 11) is 0. The van der Waals surface area contributed by atoms with Crippen molar-refractivity contribution in [2.45, 2.75) is 515 Å². The van der Waals surface area contributed by atoms with Gasteiger partial charge in [0.1, 0.15) is 11.1 Å². The second-order valence-electron chi connectivity index (χ2n) is 31.9. The van der Waals surface area contributed by atoms with Gasteiger partial charge in [0.15, 0.2) is 0 Å². The predicted molar refractivity (Wildman–Crippen MR) is 431 cm³/mol. The lowest BCUT2D eigenvalue weighted by Gasteiger charge is -2.35. The minimum atomic E-state index is -1.53.